The van der Waals surface area contributed by atoms with Crippen LogP contribution in [-0.2, 0) is 14.3 Å². The number of hydrogen-bond acceptors (Lipinski definition) is 5. The van der Waals surface area contributed by atoms with Crippen molar-refractivity contribution in [2.45, 2.75) is 19.4 Å². The first-order valence-electron chi connectivity index (χ1n) is 8.50. The van der Waals surface area contributed by atoms with E-state index in [0.29, 0.717) is 5.69 Å². The van der Waals surface area contributed by atoms with Crippen molar-refractivity contribution < 1.29 is 19.1 Å². The van der Waals surface area contributed by atoms with Crippen LogP contribution in [-0.4, -0.2) is 37.2 Å². The van der Waals surface area contributed by atoms with E-state index >= 15 is 0 Å². The molecule has 2 aromatic carbocycles. The number of rotatable bonds is 6. The van der Waals surface area contributed by atoms with E-state index in [0.717, 1.165) is 11.4 Å². The van der Waals surface area contributed by atoms with Crippen LogP contribution in [0.15, 0.2) is 54.6 Å². The quantitative estimate of drug-likeness (QED) is 0.638. The Balaban J connectivity index is 1.57. The molecular formula is C20H22N2O4. The van der Waals surface area contributed by atoms with Crippen LogP contribution >= 0.6 is 0 Å². The molecule has 3 rings (SSSR count). The standard InChI is InChI=1S/C20H22N2O4/c1-20(2)19(24)22(17-11-7-6-10-16(17)21-20)14-18(23)26-13-12-25-15-8-4-3-5-9-15/h3-11,21H,12-14H2,1-2H3. The van der Waals surface area contributed by atoms with Crippen molar-refractivity contribution in [2.24, 2.45) is 0 Å². The highest BCUT2D eigenvalue weighted by atomic mass is 16.6. The van der Waals surface area contributed by atoms with Crippen molar-refractivity contribution >= 4 is 23.3 Å². The zero-order valence-corrected chi connectivity index (χ0v) is 14.9. The van der Waals surface area contributed by atoms with Crippen LogP contribution < -0.4 is 15.0 Å². The summed E-state index contributed by atoms with van der Waals surface area (Å²) < 4.78 is 10.7. The molecule has 0 fully saturated rings. The molecule has 1 heterocycles. The molecule has 0 saturated heterocycles. The van der Waals surface area contributed by atoms with Gasteiger partial charge in [0, 0.05) is 0 Å². The lowest BCUT2D eigenvalue weighted by Gasteiger charge is -2.39. The summed E-state index contributed by atoms with van der Waals surface area (Å²) in [7, 11) is 0. The van der Waals surface area contributed by atoms with E-state index in [-0.39, 0.29) is 25.7 Å². The SMILES string of the molecule is CC1(C)Nc2ccccc2N(CC(=O)OCCOc2ccccc2)C1=O. The third-order valence-corrected chi connectivity index (χ3v) is 4.07. The molecule has 0 unspecified atom stereocenters. The molecule has 1 N–H and O–H groups in total. The van der Waals surface area contributed by atoms with Crippen LogP contribution in [0.2, 0.25) is 0 Å². The first-order valence-corrected chi connectivity index (χ1v) is 8.50. The van der Waals surface area contributed by atoms with Gasteiger partial charge >= 0.3 is 5.97 Å². The Hall–Kier alpha value is -3.02. The Morgan fingerprint density at radius 2 is 1.73 bits per heavy atom. The van der Waals surface area contributed by atoms with Gasteiger partial charge in [0.2, 0.25) is 0 Å². The third-order valence-electron chi connectivity index (χ3n) is 4.07. The first kappa shape index (κ1) is 17.8. The maximum atomic E-state index is 12.7. The zero-order chi connectivity index (χ0) is 18.6. The largest absolute Gasteiger partial charge is 0.490 e. The van der Waals surface area contributed by atoms with Gasteiger partial charge in [-0.25, -0.2) is 0 Å². The third kappa shape index (κ3) is 3.96. The van der Waals surface area contributed by atoms with Crippen molar-refractivity contribution in [3.8, 4) is 5.75 Å². The fourth-order valence-electron chi connectivity index (χ4n) is 2.82. The molecule has 2 aromatic rings. The van der Waals surface area contributed by atoms with Gasteiger partial charge in [0.25, 0.3) is 5.91 Å². The highest BCUT2D eigenvalue weighted by Gasteiger charge is 2.39. The maximum Gasteiger partial charge on any atom is 0.326 e. The minimum Gasteiger partial charge on any atom is -0.490 e. The van der Waals surface area contributed by atoms with E-state index < -0.39 is 11.5 Å². The summed E-state index contributed by atoms with van der Waals surface area (Å²) >= 11 is 0. The minimum atomic E-state index is -0.787. The molecule has 0 radical (unpaired) electrons. The van der Waals surface area contributed by atoms with E-state index in [1.807, 2.05) is 48.5 Å². The Morgan fingerprint density at radius 3 is 2.50 bits per heavy atom. The number of para-hydroxylation sites is 3. The Kier molecular flexibility index (Phi) is 5.11. The van der Waals surface area contributed by atoms with Gasteiger partial charge in [-0.05, 0) is 38.1 Å². The highest BCUT2D eigenvalue weighted by molar-refractivity contribution is 6.09. The number of hydrogen-bond donors (Lipinski definition) is 1. The molecular weight excluding hydrogens is 332 g/mol. The fraction of sp³-hybridized carbons (Fsp3) is 0.300. The van der Waals surface area contributed by atoms with Gasteiger partial charge in [-0.3, -0.25) is 14.5 Å². The molecule has 0 spiro atoms. The Bertz CT molecular complexity index is 789. The number of carbonyl (C=O) groups excluding carboxylic acids is 2. The number of fused-ring (bicyclic) bond motifs is 1. The molecule has 26 heavy (non-hydrogen) atoms. The molecule has 6 heteroatoms. The summed E-state index contributed by atoms with van der Waals surface area (Å²) in [6.07, 6.45) is 0. The predicted molar refractivity (Wildman–Crippen MR) is 99.4 cm³/mol. The molecule has 0 bridgehead atoms. The van der Waals surface area contributed by atoms with Crippen LogP contribution in [0.25, 0.3) is 0 Å². The lowest BCUT2D eigenvalue weighted by atomic mass is 9.98. The second kappa shape index (κ2) is 7.47. The summed E-state index contributed by atoms with van der Waals surface area (Å²) in [6, 6.07) is 16.7. The van der Waals surface area contributed by atoms with Crippen LogP contribution in [0.5, 0.6) is 5.75 Å². The van der Waals surface area contributed by atoms with Gasteiger partial charge in [0.1, 0.15) is 31.0 Å². The number of nitrogens with zero attached hydrogens (tertiary/aromatic N) is 1. The number of benzene rings is 2. The number of carbonyl (C=O) groups is 2. The van der Waals surface area contributed by atoms with Crippen molar-refractivity contribution in [1.82, 2.24) is 0 Å². The fourth-order valence-corrected chi connectivity index (χ4v) is 2.82. The monoisotopic (exact) mass is 354 g/mol. The van der Waals surface area contributed by atoms with Crippen molar-refractivity contribution in [3.63, 3.8) is 0 Å². The second-order valence-corrected chi connectivity index (χ2v) is 6.54. The van der Waals surface area contributed by atoms with Crippen molar-refractivity contribution in [1.29, 1.82) is 0 Å². The smallest absolute Gasteiger partial charge is 0.326 e. The summed E-state index contributed by atoms with van der Waals surface area (Å²) in [5, 5.41) is 3.20. The number of nitrogens with one attached hydrogen (secondary N) is 1. The zero-order valence-electron chi connectivity index (χ0n) is 14.9. The van der Waals surface area contributed by atoms with E-state index in [1.165, 1.54) is 4.90 Å². The predicted octanol–water partition coefficient (Wildman–Crippen LogP) is 2.85. The normalized spacial score (nSPS) is 15.0. The number of amides is 1. The van der Waals surface area contributed by atoms with E-state index in [9.17, 15) is 9.59 Å². The summed E-state index contributed by atoms with van der Waals surface area (Å²) in [5.41, 5.74) is 0.706. The summed E-state index contributed by atoms with van der Waals surface area (Å²) in [5.74, 6) is 0.0766. The van der Waals surface area contributed by atoms with E-state index in [4.69, 9.17) is 9.47 Å². The lowest BCUT2D eigenvalue weighted by Crippen LogP contribution is -2.55. The molecule has 0 atom stereocenters. The van der Waals surface area contributed by atoms with Gasteiger partial charge < -0.3 is 14.8 Å². The molecule has 1 amide bonds. The molecule has 1 aliphatic heterocycles. The summed E-state index contributed by atoms with van der Waals surface area (Å²) in [4.78, 5) is 26.4. The van der Waals surface area contributed by atoms with Crippen molar-refractivity contribution in [3.05, 3.63) is 54.6 Å². The number of ether oxygens (including phenoxy) is 2. The average Bonchev–Trinajstić information content (AvgIpc) is 2.63. The van der Waals surface area contributed by atoms with Crippen LogP contribution in [0.1, 0.15) is 13.8 Å². The second-order valence-electron chi connectivity index (χ2n) is 6.54. The first-order chi connectivity index (χ1) is 12.5. The maximum absolute atomic E-state index is 12.7. The summed E-state index contributed by atoms with van der Waals surface area (Å²) in [6.45, 7) is 3.83. The highest BCUT2D eigenvalue weighted by Crippen LogP contribution is 2.34. The molecule has 0 aliphatic carbocycles. The molecule has 0 saturated carbocycles. The van der Waals surface area contributed by atoms with Crippen LogP contribution in [0.3, 0.4) is 0 Å². The topological polar surface area (TPSA) is 67.9 Å². The van der Waals surface area contributed by atoms with Gasteiger partial charge in [0.05, 0.1) is 11.4 Å². The van der Waals surface area contributed by atoms with E-state index in [1.54, 1.807) is 19.9 Å². The average molecular weight is 354 g/mol. The number of anilines is 2. The van der Waals surface area contributed by atoms with Crippen molar-refractivity contribution in [2.75, 3.05) is 30.0 Å². The molecule has 136 valence electrons. The molecule has 6 nitrogen and oxygen atoms in total. The lowest BCUT2D eigenvalue weighted by molar-refractivity contribution is -0.143. The Labute approximate surface area is 152 Å². The van der Waals surface area contributed by atoms with Crippen LogP contribution in [0.4, 0.5) is 11.4 Å². The van der Waals surface area contributed by atoms with E-state index in [2.05, 4.69) is 5.32 Å². The van der Waals surface area contributed by atoms with Gasteiger partial charge in [0.15, 0.2) is 0 Å². The minimum absolute atomic E-state index is 0.124. The van der Waals surface area contributed by atoms with Gasteiger partial charge in [-0.2, -0.15) is 0 Å². The molecule has 1 aliphatic rings. The van der Waals surface area contributed by atoms with Gasteiger partial charge in [-0.15, -0.1) is 0 Å². The Morgan fingerprint density at radius 1 is 1.04 bits per heavy atom. The van der Waals surface area contributed by atoms with Crippen LogP contribution in [0, 0.1) is 0 Å². The molecule has 0 aromatic heterocycles. The number of esters is 1. The van der Waals surface area contributed by atoms with Gasteiger partial charge in [-0.1, -0.05) is 30.3 Å².